The lowest BCUT2D eigenvalue weighted by Crippen LogP contribution is -2.27. The van der Waals surface area contributed by atoms with E-state index >= 15 is 0 Å². The van der Waals surface area contributed by atoms with E-state index in [1.807, 2.05) is 0 Å². The average molecular weight is 316 g/mol. The molecule has 2 rings (SSSR count). The zero-order chi connectivity index (χ0) is 14.8. The van der Waals surface area contributed by atoms with Gasteiger partial charge in [0.1, 0.15) is 0 Å². The molecular formula is C11H14ClN5O2S. The van der Waals surface area contributed by atoms with Gasteiger partial charge in [0, 0.05) is 12.7 Å². The molecule has 0 saturated carbocycles. The van der Waals surface area contributed by atoms with E-state index in [4.69, 9.17) is 17.3 Å². The molecule has 7 nitrogen and oxygen atoms in total. The molecule has 1 heterocycles. The molecule has 0 amide bonds. The number of nitrogen functional groups attached to an aromatic ring is 1. The van der Waals surface area contributed by atoms with Gasteiger partial charge in [-0.25, -0.2) is 13.1 Å². The van der Waals surface area contributed by atoms with Gasteiger partial charge in [0.25, 0.3) is 0 Å². The van der Waals surface area contributed by atoms with Gasteiger partial charge in [-0.15, -0.1) is 5.10 Å². The van der Waals surface area contributed by atoms with Crippen LogP contribution in [0.15, 0.2) is 29.4 Å². The van der Waals surface area contributed by atoms with Crippen molar-refractivity contribution in [2.75, 3.05) is 12.3 Å². The van der Waals surface area contributed by atoms with Crippen molar-refractivity contribution in [2.45, 2.75) is 18.4 Å². The number of aryl methyl sites for hydroxylation is 1. The second kappa shape index (κ2) is 5.78. The second-order valence-electron chi connectivity index (χ2n) is 4.21. The fourth-order valence-corrected chi connectivity index (χ4v) is 2.90. The summed E-state index contributed by atoms with van der Waals surface area (Å²) in [6.07, 6.45) is 3.18. The standard InChI is InChI=1S/C11H14ClN5O2S/c1-8-6-9(7-10(13)11(8)12)20(18,19)15-3-5-17-4-2-14-16-17/h2,4,6-7,15H,3,5,13H2,1H3. The van der Waals surface area contributed by atoms with E-state index in [0.29, 0.717) is 17.1 Å². The Morgan fingerprint density at radius 2 is 2.20 bits per heavy atom. The first-order valence-electron chi connectivity index (χ1n) is 5.79. The van der Waals surface area contributed by atoms with Crippen LogP contribution in [-0.4, -0.2) is 30.0 Å². The van der Waals surface area contributed by atoms with Crippen LogP contribution in [-0.2, 0) is 16.6 Å². The van der Waals surface area contributed by atoms with Crippen LogP contribution >= 0.6 is 11.6 Å². The van der Waals surface area contributed by atoms with Crippen LogP contribution < -0.4 is 10.5 Å². The highest BCUT2D eigenvalue weighted by atomic mass is 35.5. The molecule has 0 aliphatic carbocycles. The minimum atomic E-state index is -3.63. The molecular weight excluding hydrogens is 302 g/mol. The molecule has 108 valence electrons. The first kappa shape index (κ1) is 14.8. The van der Waals surface area contributed by atoms with Gasteiger partial charge in [0.2, 0.25) is 10.0 Å². The van der Waals surface area contributed by atoms with E-state index in [-0.39, 0.29) is 17.1 Å². The number of aromatic nitrogens is 3. The van der Waals surface area contributed by atoms with Gasteiger partial charge in [-0.2, -0.15) is 0 Å². The number of nitrogens with one attached hydrogen (secondary N) is 1. The molecule has 0 aliphatic heterocycles. The topological polar surface area (TPSA) is 103 Å². The van der Waals surface area contributed by atoms with E-state index in [2.05, 4.69) is 15.0 Å². The summed E-state index contributed by atoms with van der Waals surface area (Å²) >= 11 is 5.91. The smallest absolute Gasteiger partial charge is 0.240 e. The number of rotatable bonds is 5. The summed E-state index contributed by atoms with van der Waals surface area (Å²) < 4.78 is 28.2. The van der Waals surface area contributed by atoms with Crippen LogP contribution in [0.1, 0.15) is 5.56 Å². The zero-order valence-corrected chi connectivity index (χ0v) is 12.3. The Hall–Kier alpha value is -1.64. The fourth-order valence-electron chi connectivity index (χ4n) is 1.65. The predicted molar refractivity (Wildman–Crippen MR) is 75.8 cm³/mol. The van der Waals surface area contributed by atoms with Gasteiger partial charge < -0.3 is 5.73 Å². The molecule has 2 aromatic rings. The third kappa shape index (κ3) is 3.27. The molecule has 0 unspecified atom stereocenters. The molecule has 0 radical (unpaired) electrons. The molecule has 0 fully saturated rings. The highest BCUT2D eigenvalue weighted by molar-refractivity contribution is 7.89. The van der Waals surface area contributed by atoms with Gasteiger partial charge in [-0.05, 0) is 24.6 Å². The Balaban J connectivity index is 2.10. The lowest BCUT2D eigenvalue weighted by atomic mass is 10.2. The SMILES string of the molecule is Cc1cc(S(=O)(=O)NCCn2ccnn2)cc(N)c1Cl. The minimum Gasteiger partial charge on any atom is -0.397 e. The van der Waals surface area contributed by atoms with Gasteiger partial charge in [-0.1, -0.05) is 16.8 Å². The quantitative estimate of drug-likeness (QED) is 0.794. The van der Waals surface area contributed by atoms with Gasteiger partial charge in [0.15, 0.2) is 0 Å². The predicted octanol–water partition coefficient (Wildman–Crippen LogP) is 0.801. The number of halogens is 1. The van der Waals surface area contributed by atoms with Crippen molar-refractivity contribution in [3.8, 4) is 0 Å². The Kier molecular flexibility index (Phi) is 4.26. The largest absolute Gasteiger partial charge is 0.397 e. The summed E-state index contributed by atoms with van der Waals surface area (Å²) in [6, 6.07) is 2.82. The maximum Gasteiger partial charge on any atom is 0.240 e. The lowest BCUT2D eigenvalue weighted by Gasteiger charge is -2.10. The first-order valence-corrected chi connectivity index (χ1v) is 7.65. The molecule has 0 saturated heterocycles. The van der Waals surface area contributed by atoms with Gasteiger partial charge in [-0.3, -0.25) is 4.68 Å². The maximum absolute atomic E-state index is 12.1. The van der Waals surface area contributed by atoms with E-state index in [1.54, 1.807) is 13.1 Å². The monoisotopic (exact) mass is 315 g/mol. The number of anilines is 1. The van der Waals surface area contributed by atoms with E-state index < -0.39 is 10.0 Å². The van der Waals surface area contributed by atoms with Crippen LogP contribution in [0.3, 0.4) is 0 Å². The van der Waals surface area contributed by atoms with E-state index in [1.165, 1.54) is 23.0 Å². The second-order valence-corrected chi connectivity index (χ2v) is 6.35. The number of benzene rings is 1. The summed E-state index contributed by atoms with van der Waals surface area (Å²) in [6.45, 7) is 2.29. The van der Waals surface area contributed by atoms with Crippen LogP contribution in [0.25, 0.3) is 0 Å². The van der Waals surface area contributed by atoms with E-state index in [9.17, 15) is 8.42 Å². The van der Waals surface area contributed by atoms with Crippen molar-refractivity contribution in [3.05, 3.63) is 35.1 Å². The van der Waals surface area contributed by atoms with Crippen LogP contribution in [0.2, 0.25) is 5.02 Å². The summed E-state index contributed by atoms with van der Waals surface area (Å²) in [7, 11) is -3.63. The fraction of sp³-hybridized carbons (Fsp3) is 0.273. The average Bonchev–Trinajstić information content (AvgIpc) is 2.88. The van der Waals surface area contributed by atoms with Crippen molar-refractivity contribution < 1.29 is 8.42 Å². The van der Waals surface area contributed by atoms with Gasteiger partial charge in [0.05, 0.1) is 28.3 Å². The number of hydrogen-bond donors (Lipinski definition) is 2. The lowest BCUT2D eigenvalue weighted by molar-refractivity contribution is 0.553. The Labute approximate surface area is 121 Å². The van der Waals surface area contributed by atoms with Crippen molar-refractivity contribution in [1.82, 2.24) is 19.7 Å². The Morgan fingerprint density at radius 1 is 1.45 bits per heavy atom. The molecule has 9 heteroatoms. The molecule has 3 N–H and O–H groups in total. The third-order valence-electron chi connectivity index (χ3n) is 2.67. The summed E-state index contributed by atoms with van der Waals surface area (Å²) in [5.41, 5.74) is 6.53. The van der Waals surface area contributed by atoms with Crippen LogP contribution in [0.4, 0.5) is 5.69 Å². The highest BCUT2D eigenvalue weighted by Crippen LogP contribution is 2.26. The molecule has 20 heavy (non-hydrogen) atoms. The van der Waals surface area contributed by atoms with Crippen LogP contribution in [0, 0.1) is 6.92 Å². The summed E-state index contributed by atoms with van der Waals surface area (Å²) in [5.74, 6) is 0. The minimum absolute atomic E-state index is 0.0930. The van der Waals surface area contributed by atoms with Crippen LogP contribution in [0.5, 0.6) is 0 Å². The van der Waals surface area contributed by atoms with E-state index in [0.717, 1.165) is 0 Å². The normalized spacial score (nSPS) is 11.7. The number of hydrogen-bond acceptors (Lipinski definition) is 5. The molecule has 0 bridgehead atoms. The number of nitrogens with two attached hydrogens (primary N) is 1. The summed E-state index contributed by atoms with van der Waals surface area (Å²) in [5, 5.41) is 7.74. The third-order valence-corrected chi connectivity index (χ3v) is 4.63. The van der Waals surface area contributed by atoms with Gasteiger partial charge >= 0.3 is 0 Å². The van der Waals surface area contributed by atoms with Crippen molar-refractivity contribution >= 4 is 27.3 Å². The Bertz CT molecular complexity index is 677. The molecule has 1 aromatic carbocycles. The molecule has 0 spiro atoms. The van der Waals surface area contributed by atoms with Crippen molar-refractivity contribution in [2.24, 2.45) is 0 Å². The summed E-state index contributed by atoms with van der Waals surface area (Å²) in [4.78, 5) is 0.0930. The Morgan fingerprint density at radius 3 is 2.80 bits per heavy atom. The maximum atomic E-state index is 12.1. The number of sulfonamides is 1. The van der Waals surface area contributed by atoms with Crippen molar-refractivity contribution in [3.63, 3.8) is 0 Å². The molecule has 0 atom stereocenters. The molecule has 1 aromatic heterocycles. The first-order chi connectivity index (χ1) is 9.40. The zero-order valence-electron chi connectivity index (χ0n) is 10.7. The number of nitrogens with zero attached hydrogens (tertiary/aromatic N) is 3. The highest BCUT2D eigenvalue weighted by Gasteiger charge is 2.16. The van der Waals surface area contributed by atoms with Crippen molar-refractivity contribution in [1.29, 1.82) is 0 Å². The molecule has 0 aliphatic rings.